The molecule has 2 aromatic carbocycles. The molecule has 3 heterocycles. The number of rotatable bonds is 7. The standard InChI is InChI=1S/C38H47NO16/c1-13-31(49-7)38(4,51-9)32(50-8)35(52-13)53-18-12-36(2,48)23(33(46)47)14-10-15-20(26(42)19(14)18)27(43)21-17(40)11-16-29(22(21)25(15)41)54-34-28(44)24(39(5)6)30(45)37(16,3)55-34/h10-11,13,18,23-24,28,30-32,34-35,40,42,44-45,48H,12H2,1-9H3,(H,46,47)/t13-,18-,23-,24-,28-,30+,31-,32-,34+,35-,36-,37+,38-/m1/s1. The fourth-order valence-corrected chi connectivity index (χ4v) is 9.58. The molecule has 55 heavy (non-hydrogen) atoms. The third kappa shape index (κ3) is 5.40. The second-order valence-electron chi connectivity index (χ2n) is 15.8. The number of aliphatic hydroxyl groups is 3. The highest BCUT2D eigenvalue weighted by atomic mass is 16.7. The first-order chi connectivity index (χ1) is 25.7. The maximum Gasteiger partial charge on any atom is 0.313 e. The number of ether oxygens (including phenoxy) is 7. The molecule has 2 saturated heterocycles. The average molecular weight is 774 g/mol. The lowest BCUT2D eigenvalue weighted by Crippen LogP contribution is -2.68. The highest BCUT2D eigenvalue weighted by Crippen LogP contribution is 2.56. The number of methoxy groups -OCH3 is 3. The van der Waals surface area contributed by atoms with Gasteiger partial charge in [0, 0.05) is 44.4 Å². The SMILES string of the molecule is CO[C@@H]1[C@@H](O[C@@H]2C[C@@](C)(O)[C@@H](C(=O)O)c3cc4c(c(O)c32)C(=O)c2c(O)cc3c(c2C4=O)O[C@H]2O[C@]3(C)[C@@H](O)[C@H](N(C)C)[C@H]2O)O[C@H](C)[C@@H](OC)[C@@]1(C)OC. The Morgan fingerprint density at radius 3 is 2.20 bits per heavy atom. The first kappa shape index (κ1) is 39.5. The Morgan fingerprint density at radius 2 is 1.62 bits per heavy atom. The molecule has 0 aromatic heterocycles. The van der Waals surface area contributed by atoms with Crippen molar-refractivity contribution in [2.45, 2.75) is 112 Å². The zero-order chi connectivity index (χ0) is 40.4. The van der Waals surface area contributed by atoms with E-state index >= 15 is 0 Å². The van der Waals surface area contributed by atoms with Gasteiger partial charge in [-0.2, -0.15) is 0 Å². The number of hydrogen-bond acceptors (Lipinski definition) is 16. The van der Waals surface area contributed by atoms with Crippen molar-refractivity contribution in [3.05, 3.63) is 51.1 Å². The molecule has 2 aliphatic carbocycles. The highest BCUT2D eigenvalue weighted by molar-refractivity contribution is 6.31. The Labute approximate surface area is 316 Å². The number of aliphatic carboxylic acids is 1. The minimum atomic E-state index is -2.04. The molecule has 13 atom stereocenters. The number of nitrogens with zero attached hydrogens (tertiary/aromatic N) is 1. The highest BCUT2D eigenvalue weighted by Gasteiger charge is 2.60. The van der Waals surface area contributed by atoms with Crippen molar-refractivity contribution in [3.8, 4) is 17.2 Å². The number of benzene rings is 2. The summed E-state index contributed by atoms with van der Waals surface area (Å²) >= 11 is 0. The lowest BCUT2D eigenvalue weighted by atomic mass is 9.68. The van der Waals surface area contributed by atoms with Gasteiger partial charge >= 0.3 is 5.97 Å². The second-order valence-corrected chi connectivity index (χ2v) is 15.8. The molecular formula is C38H47NO16. The largest absolute Gasteiger partial charge is 0.507 e. The van der Waals surface area contributed by atoms with Crippen LogP contribution in [0.5, 0.6) is 17.2 Å². The van der Waals surface area contributed by atoms with Crippen molar-refractivity contribution < 1.29 is 78.2 Å². The number of carbonyl (C=O) groups excluding carboxylic acids is 2. The monoisotopic (exact) mass is 773 g/mol. The molecule has 7 rings (SSSR count). The van der Waals surface area contributed by atoms with E-state index in [2.05, 4.69) is 0 Å². The van der Waals surface area contributed by atoms with Gasteiger partial charge in [-0.25, -0.2) is 0 Å². The fourth-order valence-electron chi connectivity index (χ4n) is 9.58. The van der Waals surface area contributed by atoms with Gasteiger partial charge in [0.15, 0.2) is 12.1 Å². The Balaban J connectivity index is 1.39. The molecule has 0 amide bonds. The molecule has 0 saturated carbocycles. The first-order valence-corrected chi connectivity index (χ1v) is 17.8. The van der Waals surface area contributed by atoms with Crippen LogP contribution < -0.4 is 4.74 Å². The number of aliphatic hydroxyl groups excluding tert-OH is 2. The quantitative estimate of drug-likeness (QED) is 0.197. The van der Waals surface area contributed by atoms with Gasteiger partial charge in [-0.15, -0.1) is 0 Å². The van der Waals surface area contributed by atoms with Crippen molar-refractivity contribution in [1.29, 1.82) is 0 Å². The predicted octanol–water partition coefficient (Wildman–Crippen LogP) is 1.05. The predicted molar refractivity (Wildman–Crippen MR) is 186 cm³/mol. The normalized spacial score (nSPS) is 39.1. The van der Waals surface area contributed by atoms with E-state index in [0.717, 1.165) is 12.1 Å². The maximum absolute atomic E-state index is 14.7. The van der Waals surface area contributed by atoms with Crippen LogP contribution in [0.15, 0.2) is 12.1 Å². The zero-order valence-electron chi connectivity index (χ0n) is 31.8. The third-order valence-electron chi connectivity index (χ3n) is 12.3. The number of fused-ring (bicyclic) bond motifs is 8. The van der Waals surface area contributed by atoms with E-state index < -0.39 is 136 Å². The van der Waals surface area contributed by atoms with E-state index in [1.807, 2.05) is 0 Å². The number of carboxylic acids is 1. The summed E-state index contributed by atoms with van der Waals surface area (Å²) in [6.45, 7) is 6.25. The van der Waals surface area contributed by atoms with E-state index in [9.17, 15) is 45.0 Å². The van der Waals surface area contributed by atoms with Gasteiger partial charge in [0.05, 0.1) is 40.5 Å². The topological polar surface area (TPSA) is 240 Å². The lowest BCUT2D eigenvalue weighted by molar-refractivity contribution is -0.345. The number of hydrogen-bond donors (Lipinski definition) is 6. The molecule has 0 radical (unpaired) electrons. The molecule has 17 heteroatoms. The van der Waals surface area contributed by atoms with E-state index in [4.69, 9.17) is 33.2 Å². The fraction of sp³-hybridized carbons (Fsp3) is 0.605. The van der Waals surface area contributed by atoms with Crippen LogP contribution in [0.1, 0.15) is 94.7 Å². The number of ketones is 2. The lowest BCUT2D eigenvalue weighted by Gasteiger charge is -2.53. The van der Waals surface area contributed by atoms with E-state index in [1.54, 1.807) is 32.8 Å². The van der Waals surface area contributed by atoms with Gasteiger partial charge in [0.2, 0.25) is 12.1 Å². The average Bonchev–Trinajstić information content (AvgIpc) is 3.09. The molecule has 6 N–H and O–H groups in total. The summed E-state index contributed by atoms with van der Waals surface area (Å²) in [6, 6.07) is 1.37. The van der Waals surface area contributed by atoms with Gasteiger partial charge in [0.1, 0.15) is 58.8 Å². The van der Waals surface area contributed by atoms with Crippen LogP contribution in [0, 0.1) is 0 Å². The zero-order valence-corrected chi connectivity index (χ0v) is 31.8. The smallest absolute Gasteiger partial charge is 0.313 e. The van der Waals surface area contributed by atoms with Crippen LogP contribution in [-0.2, 0) is 38.8 Å². The Hall–Kier alpha value is -3.75. The van der Waals surface area contributed by atoms with Gasteiger partial charge in [-0.1, -0.05) is 0 Å². The molecule has 2 aromatic rings. The van der Waals surface area contributed by atoms with Gasteiger partial charge in [0.25, 0.3) is 0 Å². The van der Waals surface area contributed by atoms with Crippen LogP contribution in [0.25, 0.3) is 0 Å². The summed E-state index contributed by atoms with van der Waals surface area (Å²) < 4.78 is 42.0. The molecule has 2 fully saturated rings. The van der Waals surface area contributed by atoms with Gasteiger partial charge < -0.3 is 68.7 Å². The summed E-state index contributed by atoms with van der Waals surface area (Å²) in [5.41, 5.74) is -7.13. The van der Waals surface area contributed by atoms with E-state index in [1.165, 1.54) is 35.2 Å². The number of phenols is 2. The minimum Gasteiger partial charge on any atom is -0.507 e. The number of aromatic hydroxyl groups is 2. The van der Waals surface area contributed by atoms with Gasteiger partial charge in [-0.05, 0) is 59.5 Å². The van der Waals surface area contributed by atoms with Crippen molar-refractivity contribution >= 4 is 17.5 Å². The van der Waals surface area contributed by atoms with Gasteiger partial charge in [-0.3, -0.25) is 14.4 Å². The van der Waals surface area contributed by atoms with E-state index in [0.29, 0.717) is 0 Å². The first-order valence-electron chi connectivity index (χ1n) is 17.8. The van der Waals surface area contributed by atoms with E-state index in [-0.39, 0.29) is 22.4 Å². The molecule has 300 valence electrons. The number of phenolic OH excluding ortho intramolecular Hbond substituents is 2. The summed E-state index contributed by atoms with van der Waals surface area (Å²) in [5.74, 6) is -6.86. The maximum atomic E-state index is 14.7. The summed E-state index contributed by atoms with van der Waals surface area (Å²) in [5, 5.41) is 68.3. The van der Waals surface area contributed by atoms with Crippen LogP contribution in [0.2, 0.25) is 0 Å². The van der Waals surface area contributed by atoms with Crippen molar-refractivity contribution in [2.24, 2.45) is 0 Å². The van der Waals surface area contributed by atoms with Crippen molar-refractivity contribution in [1.82, 2.24) is 4.90 Å². The third-order valence-corrected chi connectivity index (χ3v) is 12.3. The van der Waals surface area contributed by atoms with Crippen molar-refractivity contribution in [3.63, 3.8) is 0 Å². The minimum absolute atomic E-state index is 0.0195. The molecule has 0 unspecified atom stereocenters. The number of carboxylic acid groups (broad SMARTS) is 1. The van der Waals surface area contributed by atoms with Crippen LogP contribution >= 0.6 is 0 Å². The molecule has 5 aliphatic rings. The summed E-state index contributed by atoms with van der Waals surface area (Å²) in [6.07, 6.45) is -9.43. The molecule has 2 bridgehead atoms. The number of carbonyl (C=O) groups is 3. The molecule has 17 nitrogen and oxygen atoms in total. The Kier molecular flexibility index (Phi) is 9.44. The number of likely N-dealkylation sites (N-methyl/N-ethyl adjacent to an activating group) is 1. The summed E-state index contributed by atoms with van der Waals surface area (Å²) in [7, 11) is 7.64. The molecular weight excluding hydrogens is 726 g/mol. The second kappa shape index (κ2) is 13.2. The summed E-state index contributed by atoms with van der Waals surface area (Å²) in [4.78, 5) is 43.6. The van der Waals surface area contributed by atoms with Crippen molar-refractivity contribution in [2.75, 3.05) is 35.4 Å². The van der Waals surface area contributed by atoms with Crippen LogP contribution in [0.3, 0.4) is 0 Å². The Bertz CT molecular complexity index is 1960. The molecule has 0 spiro atoms. The Morgan fingerprint density at radius 1 is 0.964 bits per heavy atom. The van der Waals surface area contributed by atoms with Crippen LogP contribution in [0.4, 0.5) is 0 Å². The van der Waals surface area contributed by atoms with Crippen LogP contribution in [-0.4, -0.2) is 149 Å². The molecule has 3 aliphatic heterocycles.